The summed E-state index contributed by atoms with van der Waals surface area (Å²) in [4.78, 5) is 26.1. The number of carbonyl (C=O) groups is 2. The molecule has 4 nitrogen and oxygen atoms in total. The second kappa shape index (κ2) is 6.29. The maximum Gasteiger partial charge on any atom is 0.242 e. The summed E-state index contributed by atoms with van der Waals surface area (Å²) >= 11 is 0. The van der Waals surface area contributed by atoms with Crippen LogP contribution in [0, 0.1) is 5.41 Å². The van der Waals surface area contributed by atoms with Gasteiger partial charge in [-0.05, 0) is 18.4 Å². The highest BCUT2D eigenvalue weighted by Crippen LogP contribution is 2.28. The zero-order valence-electron chi connectivity index (χ0n) is 13.1. The van der Waals surface area contributed by atoms with Crippen molar-refractivity contribution in [2.45, 2.75) is 46.2 Å². The molecule has 1 saturated carbocycles. The molecule has 0 spiro atoms. The Bertz CT molecular complexity index is 501. The van der Waals surface area contributed by atoms with Crippen molar-refractivity contribution in [3.05, 3.63) is 35.9 Å². The third-order valence-corrected chi connectivity index (χ3v) is 3.59. The lowest BCUT2D eigenvalue weighted by Crippen LogP contribution is -2.44. The number of hydrogen-bond acceptors (Lipinski definition) is 2. The zero-order valence-corrected chi connectivity index (χ0v) is 13.1. The van der Waals surface area contributed by atoms with Crippen molar-refractivity contribution in [1.29, 1.82) is 0 Å². The molecule has 1 N–H and O–H groups in total. The number of carbonyl (C=O) groups excluding carboxylic acids is 2. The summed E-state index contributed by atoms with van der Waals surface area (Å²) in [6.07, 6.45) is 2.12. The van der Waals surface area contributed by atoms with Crippen molar-refractivity contribution in [2.24, 2.45) is 5.41 Å². The summed E-state index contributed by atoms with van der Waals surface area (Å²) in [6.45, 7) is 6.23. The quantitative estimate of drug-likeness (QED) is 0.904. The highest BCUT2D eigenvalue weighted by molar-refractivity contribution is 5.87. The third kappa shape index (κ3) is 4.59. The van der Waals surface area contributed by atoms with Gasteiger partial charge in [0.25, 0.3) is 0 Å². The number of nitrogens with one attached hydrogen (secondary N) is 1. The van der Waals surface area contributed by atoms with E-state index in [-0.39, 0.29) is 18.4 Å². The zero-order chi connectivity index (χ0) is 15.5. The Balaban J connectivity index is 1.92. The smallest absolute Gasteiger partial charge is 0.242 e. The molecule has 0 aromatic heterocycles. The van der Waals surface area contributed by atoms with Crippen molar-refractivity contribution in [3.8, 4) is 0 Å². The van der Waals surface area contributed by atoms with Crippen LogP contribution in [0.25, 0.3) is 0 Å². The highest BCUT2D eigenvalue weighted by atomic mass is 16.2. The SMILES string of the molecule is CC(C)(C)C(=O)NCC(=O)N(Cc1ccccc1)C1CC1. The number of rotatable bonds is 5. The summed E-state index contributed by atoms with van der Waals surface area (Å²) in [5, 5.41) is 2.74. The molecule has 1 fully saturated rings. The minimum Gasteiger partial charge on any atom is -0.347 e. The first kappa shape index (κ1) is 15.5. The van der Waals surface area contributed by atoms with Gasteiger partial charge in [-0.2, -0.15) is 0 Å². The van der Waals surface area contributed by atoms with Gasteiger partial charge in [-0.15, -0.1) is 0 Å². The molecule has 1 aromatic carbocycles. The molecule has 2 rings (SSSR count). The molecule has 0 atom stereocenters. The molecule has 0 heterocycles. The number of hydrogen-bond donors (Lipinski definition) is 1. The average molecular weight is 288 g/mol. The monoisotopic (exact) mass is 288 g/mol. The summed E-state index contributed by atoms with van der Waals surface area (Å²) in [5.41, 5.74) is 0.657. The van der Waals surface area contributed by atoms with E-state index in [2.05, 4.69) is 5.32 Å². The van der Waals surface area contributed by atoms with E-state index in [4.69, 9.17) is 0 Å². The highest BCUT2D eigenvalue weighted by Gasteiger charge is 2.33. The first-order valence-electron chi connectivity index (χ1n) is 7.49. The Hall–Kier alpha value is -1.84. The molecule has 114 valence electrons. The number of amides is 2. The van der Waals surface area contributed by atoms with E-state index in [0.29, 0.717) is 12.6 Å². The summed E-state index contributed by atoms with van der Waals surface area (Å²) in [6, 6.07) is 10.3. The van der Waals surface area contributed by atoms with Crippen molar-refractivity contribution >= 4 is 11.8 Å². The van der Waals surface area contributed by atoms with Crippen LogP contribution in [0.2, 0.25) is 0 Å². The molecule has 4 heteroatoms. The van der Waals surface area contributed by atoms with Crippen LogP contribution < -0.4 is 5.32 Å². The van der Waals surface area contributed by atoms with Crippen LogP contribution in [0.5, 0.6) is 0 Å². The van der Waals surface area contributed by atoms with Gasteiger partial charge in [0.15, 0.2) is 0 Å². The van der Waals surface area contributed by atoms with Crippen LogP contribution in [0.3, 0.4) is 0 Å². The molecule has 21 heavy (non-hydrogen) atoms. The van der Waals surface area contributed by atoms with Crippen LogP contribution in [-0.2, 0) is 16.1 Å². The Morgan fingerprint density at radius 2 is 1.81 bits per heavy atom. The molecular formula is C17H24N2O2. The van der Waals surface area contributed by atoms with Crippen molar-refractivity contribution < 1.29 is 9.59 Å². The fourth-order valence-electron chi connectivity index (χ4n) is 2.11. The lowest BCUT2D eigenvalue weighted by molar-refractivity contribution is -0.136. The minimum atomic E-state index is -0.468. The van der Waals surface area contributed by atoms with E-state index < -0.39 is 5.41 Å². The minimum absolute atomic E-state index is 0.000969. The van der Waals surface area contributed by atoms with E-state index in [1.54, 1.807) is 0 Å². The largest absolute Gasteiger partial charge is 0.347 e. The van der Waals surface area contributed by atoms with Gasteiger partial charge in [-0.25, -0.2) is 0 Å². The van der Waals surface area contributed by atoms with E-state index in [9.17, 15) is 9.59 Å². The van der Waals surface area contributed by atoms with Gasteiger partial charge < -0.3 is 10.2 Å². The summed E-state index contributed by atoms with van der Waals surface area (Å²) in [7, 11) is 0. The van der Waals surface area contributed by atoms with Gasteiger partial charge in [-0.1, -0.05) is 51.1 Å². The van der Waals surface area contributed by atoms with Crippen LogP contribution in [0.1, 0.15) is 39.2 Å². The Morgan fingerprint density at radius 1 is 1.19 bits per heavy atom. The van der Waals surface area contributed by atoms with Crippen LogP contribution in [0.4, 0.5) is 0 Å². The van der Waals surface area contributed by atoms with E-state index in [1.807, 2.05) is 56.0 Å². The maximum atomic E-state index is 12.4. The lowest BCUT2D eigenvalue weighted by atomic mass is 9.96. The predicted molar refractivity (Wildman–Crippen MR) is 82.5 cm³/mol. The third-order valence-electron chi connectivity index (χ3n) is 3.59. The first-order valence-corrected chi connectivity index (χ1v) is 7.49. The number of benzene rings is 1. The molecule has 0 bridgehead atoms. The normalized spacial score (nSPS) is 14.6. The fourth-order valence-corrected chi connectivity index (χ4v) is 2.11. The fraction of sp³-hybridized carbons (Fsp3) is 0.529. The van der Waals surface area contributed by atoms with Crippen molar-refractivity contribution in [3.63, 3.8) is 0 Å². The Labute approximate surface area is 126 Å². The molecule has 1 aliphatic rings. The second-order valence-electron chi connectivity index (χ2n) is 6.67. The van der Waals surface area contributed by atoms with Gasteiger partial charge in [0.1, 0.15) is 0 Å². The molecule has 0 radical (unpaired) electrons. The maximum absolute atomic E-state index is 12.4. The van der Waals surface area contributed by atoms with E-state index in [0.717, 1.165) is 18.4 Å². The van der Waals surface area contributed by atoms with Crippen molar-refractivity contribution in [2.75, 3.05) is 6.54 Å². The Morgan fingerprint density at radius 3 is 2.33 bits per heavy atom. The Kier molecular flexibility index (Phi) is 4.66. The number of nitrogens with zero attached hydrogens (tertiary/aromatic N) is 1. The van der Waals surface area contributed by atoms with Gasteiger partial charge in [-0.3, -0.25) is 9.59 Å². The van der Waals surface area contributed by atoms with E-state index in [1.165, 1.54) is 0 Å². The predicted octanol–water partition coefficient (Wildman–Crippen LogP) is 2.34. The second-order valence-corrected chi connectivity index (χ2v) is 6.67. The molecule has 0 aliphatic heterocycles. The molecule has 1 aliphatic carbocycles. The molecule has 0 saturated heterocycles. The standard InChI is InChI=1S/C17H24N2O2/c1-17(2,3)16(21)18-11-15(20)19(14-9-10-14)12-13-7-5-4-6-8-13/h4-8,14H,9-12H2,1-3H3,(H,18,21). The van der Waals surface area contributed by atoms with Gasteiger partial charge >= 0.3 is 0 Å². The first-order chi connectivity index (χ1) is 9.88. The summed E-state index contributed by atoms with van der Waals surface area (Å²) < 4.78 is 0. The van der Waals surface area contributed by atoms with Crippen LogP contribution in [0.15, 0.2) is 30.3 Å². The average Bonchev–Trinajstić information content (AvgIpc) is 3.26. The van der Waals surface area contributed by atoms with Crippen LogP contribution in [-0.4, -0.2) is 29.3 Å². The van der Waals surface area contributed by atoms with Gasteiger partial charge in [0, 0.05) is 18.0 Å². The molecule has 2 amide bonds. The van der Waals surface area contributed by atoms with Crippen molar-refractivity contribution in [1.82, 2.24) is 10.2 Å². The topological polar surface area (TPSA) is 49.4 Å². The van der Waals surface area contributed by atoms with Gasteiger partial charge in [0.05, 0.1) is 6.54 Å². The lowest BCUT2D eigenvalue weighted by Gasteiger charge is -2.24. The summed E-state index contributed by atoms with van der Waals surface area (Å²) in [5.74, 6) is -0.0924. The molecule has 0 unspecified atom stereocenters. The molecule has 1 aromatic rings. The molecular weight excluding hydrogens is 264 g/mol. The van der Waals surface area contributed by atoms with E-state index >= 15 is 0 Å². The van der Waals surface area contributed by atoms with Crippen LogP contribution >= 0.6 is 0 Å². The van der Waals surface area contributed by atoms with Gasteiger partial charge in [0.2, 0.25) is 11.8 Å².